The molecule has 0 aliphatic heterocycles. The van der Waals surface area contributed by atoms with Crippen molar-refractivity contribution in [2.24, 2.45) is 0 Å². The summed E-state index contributed by atoms with van der Waals surface area (Å²) in [5.41, 5.74) is 0.315. The molecule has 0 saturated heterocycles. The Bertz CT molecular complexity index is 1200. The molecule has 0 saturated carbocycles. The molecule has 2 aromatic carbocycles. The highest BCUT2D eigenvalue weighted by atomic mass is 32.2. The molecule has 0 amide bonds. The van der Waals surface area contributed by atoms with Gasteiger partial charge in [-0.25, -0.2) is 18.2 Å². The van der Waals surface area contributed by atoms with Crippen LogP contribution in [-0.4, -0.2) is 43.0 Å². The molecule has 10 heteroatoms. The van der Waals surface area contributed by atoms with Gasteiger partial charge in [-0.05, 0) is 43.3 Å². The highest BCUT2D eigenvalue weighted by molar-refractivity contribution is 7.89. The summed E-state index contributed by atoms with van der Waals surface area (Å²) in [6, 6.07) is 12.1. The monoisotopic (exact) mass is 417 g/mol. The van der Waals surface area contributed by atoms with Crippen LogP contribution in [-0.2, 0) is 19.6 Å². The van der Waals surface area contributed by atoms with E-state index in [2.05, 4.69) is 9.97 Å². The van der Waals surface area contributed by atoms with E-state index in [0.717, 1.165) is 0 Å². The number of fused-ring (bicyclic) bond motifs is 1. The predicted octanol–water partition coefficient (Wildman–Crippen LogP) is 2.02. The van der Waals surface area contributed by atoms with E-state index < -0.39 is 22.1 Å². The van der Waals surface area contributed by atoms with Crippen LogP contribution in [0.2, 0.25) is 0 Å². The van der Waals surface area contributed by atoms with Gasteiger partial charge in [-0.3, -0.25) is 9.63 Å². The van der Waals surface area contributed by atoms with Crippen molar-refractivity contribution in [3.8, 4) is 0 Å². The second-order valence-corrected chi connectivity index (χ2v) is 8.07. The third kappa shape index (κ3) is 4.19. The van der Waals surface area contributed by atoms with Gasteiger partial charge in [0.15, 0.2) is 11.9 Å². The maximum Gasteiger partial charge on any atom is 0.338 e. The Labute approximate surface area is 166 Å². The lowest BCUT2D eigenvalue weighted by atomic mass is 10.2. The Hall–Kier alpha value is -3.08. The number of H-pyrrole nitrogens is 1. The topological polar surface area (TPSA) is 119 Å². The molecule has 1 atom stereocenters. The van der Waals surface area contributed by atoms with Gasteiger partial charge in [0.25, 0.3) is 15.6 Å². The molecular weight excluding hydrogens is 398 g/mol. The van der Waals surface area contributed by atoms with Crippen molar-refractivity contribution in [3.63, 3.8) is 0 Å². The Balaban J connectivity index is 1.79. The van der Waals surface area contributed by atoms with Crippen LogP contribution >= 0.6 is 0 Å². The molecule has 1 aromatic heterocycles. The van der Waals surface area contributed by atoms with Gasteiger partial charge in [-0.15, -0.1) is 0 Å². The number of hydroxylamine groups is 1. The minimum atomic E-state index is -3.81. The van der Waals surface area contributed by atoms with Gasteiger partial charge in [0.05, 0.1) is 28.5 Å². The molecule has 152 valence electrons. The van der Waals surface area contributed by atoms with E-state index in [1.54, 1.807) is 31.2 Å². The lowest BCUT2D eigenvalue weighted by Crippen LogP contribution is -2.25. The van der Waals surface area contributed by atoms with Gasteiger partial charge in [-0.1, -0.05) is 16.6 Å². The summed E-state index contributed by atoms with van der Waals surface area (Å²) in [5.74, 6) is -0.472. The maximum absolute atomic E-state index is 12.4. The van der Waals surface area contributed by atoms with Crippen molar-refractivity contribution in [2.45, 2.75) is 17.9 Å². The van der Waals surface area contributed by atoms with Crippen LogP contribution in [0, 0.1) is 0 Å². The Morgan fingerprint density at radius 2 is 1.79 bits per heavy atom. The van der Waals surface area contributed by atoms with E-state index in [0.29, 0.717) is 15.4 Å². The summed E-state index contributed by atoms with van der Waals surface area (Å²) in [5, 5.41) is 0.438. The molecule has 0 spiro atoms. The van der Waals surface area contributed by atoms with E-state index in [9.17, 15) is 18.0 Å². The van der Waals surface area contributed by atoms with Crippen LogP contribution in [0.5, 0.6) is 0 Å². The minimum Gasteiger partial charge on any atom is -0.451 e. The molecule has 3 rings (SSSR count). The predicted molar refractivity (Wildman–Crippen MR) is 105 cm³/mol. The van der Waals surface area contributed by atoms with E-state index in [1.165, 1.54) is 38.4 Å². The molecule has 0 fully saturated rings. The fourth-order valence-corrected chi connectivity index (χ4v) is 3.56. The second-order valence-electron chi connectivity index (χ2n) is 6.14. The molecule has 9 nitrogen and oxygen atoms in total. The average molecular weight is 417 g/mol. The molecule has 1 N–H and O–H groups in total. The first-order chi connectivity index (χ1) is 13.7. The number of benzene rings is 2. The van der Waals surface area contributed by atoms with Gasteiger partial charge in [-0.2, -0.15) is 0 Å². The lowest BCUT2D eigenvalue weighted by Gasteiger charge is -2.15. The molecule has 0 aliphatic carbocycles. The fraction of sp³-hybridized carbons (Fsp3) is 0.211. The zero-order valence-corrected chi connectivity index (χ0v) is 16.8. The third-order valence-corrected chi connectivity index (χ3v) is 5.98. The minimum absolute atomic E-state index is 0.0352. The van der Waals surface area contributed by atoms with Crippen molar-refractivity contribution >= 4 is 26.9 Å². The Kier molecular flexibility index (Phi) is 5.78. The van der Waals surface area contributed by atoms with Crippen LogP contribution in [0.25, 0.3) is 10.9 Å². The van der Waals surface area contributed by atoms with Crippen LogP contribution in [0.4, 0.5) is 0 Å². The number of esters is 1. The number of para-hydroxylation sites is 1. The average Bonchev–Trinajstić information content (AvgIpc) is 2.73. The largest absolute Gasteiger partial charge is 0.451 e. The molecule has 0 radical (unpaired) electrons. The quantitative estimate of drug-likeness (QED) is 0.481. The number of rotatable bonds is 6. The Morgan fingerprint density at radius 3 is 2.45 bits per heavy atom. The van der Waals surface area contributed by atoms with Crippen LogP contribution < -0.4 is 5.56 Å². The summed E-state index contributed by atoms with van der Waals surface area (Å²) < 4.78 is 30.5. The first-order valence-corrected chi connectivity index (χ1v) is 10.0. The number of ether oxygens (including phenoxy) is 1. The standard InChI is InChI=1S/C19H19N3O6S/c1-12(17-20-16-7-5-4-6-15(16)18(23)21-17)28-19(24)13-8-10-14(11-9-13)29(25,26)22(2)27-3/h4-12H,1-3H3,(H,20,21,23)/t12-/m1/s1. The normalized spacial score (nSPS) is 12.8. The zero-order valence-electron chi connectivity index (χ0n) is 15.9. The fourth-order valence-electron chi connectivity index (χ4n) is 2.59. The number of aromatic amines is 1. The van der Waals surface area contributed by atoms with E-state index >= 15 is 0 Å². The van der Waals surface area contributed by atoms with Crippen LogP contribution in [0.1, 0.15) is 29.2 Å². The molecule has 0 bridgehead atoms. The van der Waals surface area contributed by atoms with Gasteiger partial charge in [0.2, 0.25) is 0 Å². The lowest BCUT2D eigenvalue weighted by molar-refractivity contribution is -0.0258. The van der Waals surface area contributed by atoms with E-state index in [1.807, 2.05) is 0 Å². The second kappa shape index (κ2) is 8.11. The van der Waals surface area contributed by atoms with E-state index in [-0.39, 0.29) is 21.8 Å². The molecule has 29 heavy (non-hydrogen) atoms. The SMILES string of the molecule is CON(C)S(=O)(=O)c1ccc(C(=O)O[C@H](C)c2nc3ccccc3c(=O)[nH]2)cc1. The molecule has 1 heterocycles. The summed E-state index contributed by atoms with van der Waals surface area (Å²) in [6.07, 6.45) is -0.817. The number of carbonyl (C=O) groups excluding carboxylic acids is 1. The summed E-state index contributed by atoms with van der Waals surface area (Å²) in [6.45, 7) is 1.58. The molecule has 3 aromatic rings. The summed E-state index contributed by atoms with van der Waals surface area (Å²) in [7, 11) is -1.32. The first kappa shape index (κ1) is 20.6. The van der Waals surface area contributed by atoms with Gasteiger partial charge >= 0.3 is 5.97 Å². The van der Waals surface area contributed by atoms with Gasteiger partial charge in [0, 0.05) is 7.05 Å². The third-order valence-electron chi connectivity index (χ3n) is 4.28. The van der Waals surface area contributed by atoms with Crippen molar-refractivity contribution in [3.05, 3.63) is 70.3 Å². The van der Waals surface area contributed by atoms with Crippen LogP contribution in [0.15, 0.2) is 58.2 Å². The van der Waals surface area contributed by atoms with Gasteiger partial charge in [0.1, 0.15) is 0 Å². The number of sulfonamides is 1. The first-order valence-electron chi connectivity index (χ1n) is 8.57. The van der Waals surface area contributed by atoms with E-state index in [4.69, 9.17) is 9.57 Å². The van der Waals surface area contributed by atoms with Crippen molar-refractivity contribution in [2.75, 3.05) is 14.2 Å². The summed E-state index contributed by atoms with van der Waals surface area (Å²) >= 11 is 0. The molecule has 0 aliphatic rings. The number of aromatic nitrogens is 2. The van der Waals surface area contributed by atoms with Crippen molar-refractivity contribution in [1.29, 1.82) is 0 Å². The highest BCUT2D eigenvalue weighted by Gasteiger charge is 2.22. The van der Waals surface area contributed by atoms with Crippen molar-refractivity contribution in [1.82, 2.24) is 14.4 Å². The van der Waals surface area contributed by atoms with Crippen molar-refractivity contribution < 1.29 is 22.8 Å². The number of hydrogen-bond donors (Lipinski definition) is 1. The number of nitrogens with one attached hydrogen (secondary N) is 1. The number of nitrogens with zero attached hydrogens (tertiary/aromatic N) is 2. The maximum atomic E-state index is 12.4. The summed E-state index contributed by atoms with van der Waals surface area (Å²) in [4.78, 5) is 36.2. The highest BCUT2D eigenvalue weighted by Crippen LogP contribution is 2.19. The molecule has 0 unspecified atom stereocenters. The smallest absolute Gasteiger partial charge is 0.338 e. The van der Waals surface area contributed by atoms with Crippen LogP contribution in [0.3, 0.4) is 0 Å². The molecular formula is C19H19N3O6S. The Morgan fingerprint density at radius 1 is 1.14 bits per heavy atom. The number of carbonyl (C=O) groups is 1. The zero-order chi connectivity index (χ0) is 21.2. The van der Waals surface area contributed by atoms with Gasteiger partial charge < -0.3 is 9.72 Å². The number of hydrogen-bond acceptors (Lipinski definition) is 7.